The number of hydrogen-bond donors (Lipinski definition) is 1. The molecule has 1 fully saturated rings. The summed E-state index contributed by atoms with van der Waals surface area (Å²) in [5.41, 5.74) is 0.260. The van der Waals surface area contributed by atoms with Gasteiger partial charge < -0.3 is 14.5 Å². The standard InChI is InChI=1S/C19H24N2O5S/c1-25-17-9-8-15(19(22)20-14-16-7-6-12-26-16)13-18(17)27(23,24)21-10-4-2-3-5-11-21/h6-9,12-13H,2-5,10-11,14H2,1H3,(H,20,22). The number of furan rings is 1. The predicted molar refractivity (Wildman–Crippen MR) is 100 cm³/mol. The van der Waals surface area contributed by atoms with Gasteiger partial charge in [-0.15, -0.1) is 0 Å². The Kier molecular flexibility index (Phi) is 6.18. The van der Waals surface area contributed by atoms with E-state index in [4.69, 9.17) is 9.15 Å². The van der Waals surface area contributed by atoms with Crippen molar-refractivity contribution in [1.82, 2.24) is 9.62 Å². The van der Waals surface area contributed by atoms with Crippen LogP contribution in [0.15, 0.2) is 45.9 Å². The van der Waals surface area contributed by atoms with Crippen LogP contribution in [0.3, 0.4) is 0 Å². The highest BCUT2D eigenvalue weighted by molar-refractivity contribution is 7.89. The lowest BCUT2D eigenvalue weighted by Crippen LogP contribution is -2.32. The van der Waals surface area contributed by atoms with E-state index in [-0.39, 0.29) is 28.7 Å². The number of carbonyl (C=O) groups excluding carboxylic acids is 1. The number of ether oxygens (including phenoxy) is 1. The molecule has 1 aliphatic rings. The highest BCUT2D eigenvalue weighted by Gasteiger charge is 2.29. The maximum absolute atomic E-state index is 13.1. The molecule has 7 nitrogen and oxygen atoms in total. The Hall–Kier alpha value is -2.32. The van der Waals surface area contributed by atoms with Crippen LogP contribution in [0.4, 0.5) is 0 Å². The minimum Gasteiger partial charge on any atom is -0.495 e. The number of hydrogen-bond acceptors (Lipinski definition) is 5. The fraction of sp³-hybridized carbons (Fsp3) is 0.421. The zero-order valence-electron chi connectivity index (χ0n) is 15.3. The molecule has 8 heteroatoms. The van der Waals surface area contributed by atoms with Gasteiger partial charge in [-0.1, -0.05) is 12.8 Å². The van der Waals surface area contributed by atoms with E-state index < -0.39 is 10.0 Å². The van der Waals surface area contributed by atoms with Gasteiger partial charge in [0, 0.05) is 18.7 Å². The average molecular weight is 392 g/mol. The summed E-state index contributed by atoms with van der Waals surface area (Å²) in [4.78, 5) is 12.5. The zero-order chi connectivity index (χ0) is 19.3. The van der Waals surface area contributed by atoms with E-state index in [9.17, 15) is 13.2 Å². The maximum atomic E-state index is 13.1. The molecule has 27 heavy (non-hydrogen) atoms. The second-order valence-electron chi connectivity index (χ2n) is 6.45. The zero-order valence-corrected chi connectivity index (χ0v) is 16.1. The molecule has 0 spiro atoms. The number of sulfonamides is 1. The number of nitrogens with one attached hydrogen (secondary N) is 1. The minimum atomic E-state index is -3.73. The third-order valence-electron chi connectivity index (χ3n) is 4.61. The molecule has 146 valence electrons. The number of benzene rings is 1. The Morgan fingerprint density at radius 3 is 2.56 bits per heavy atom. The Morgan fingerprint density at radius 2 is 1.93 bits per heavy atom. The van der Waals surface area contributed by atoms with Crippen molar-refractivity contribution in [3.8, 4) is 5.75 Å². The van der Waals surface area contributed by atoms with Crippen LogP contribution >= 0.6 is 0 Å². The molecule has 3 rings (SSSR count). The monoisotopic (exact) mass is 392 g/mol. The topological polar surface area (TPSA) is 88.8 Å². The van der Waals surface area contributed by atoms with Crippen LogP contribution in [0.5, 0.6) is 5.75 Å². The van der Waals surface area contributed by atoms with Gasteiger partial charge >= 0.3 is 0 Å². The van der Waals surface area contributed by atoms with Gasteiger partial charge in [-0.2, -0.15) is 4.31 Å². The fourth-order valence-corrected chi connectivity index (χ4v) is 4.82. The number of methoxy groups -OCH3 is 1. The smallest absolute Gasteiger partial charge is 0.251 e. The highest BCUT2D eigenvalue weighted by Crippen LogP contribution is 2.29. The van der Waals surface area contributed by atoms with E-state index in [1.165, 1.54) is 29.8 Å². The van der Waals surface area contributed by atoms with Crippen LogP contribution in [0, 0.1) is 0 Å². The lowest BCUT2D eigenvalue weighted by molar-refractivity contribution is 0.0947. The van der Waals surface area contributed by atoms with E-state index in [1.807, 2.05) is 0 Å². The molecule has 1 aliphatic heterocycles. The van der Waals surface area contributed by atoms with Crippen LogP contribution in [0.2, 0.25) is 0 Å². The molecule has 0 radical (unpaired) electrons. The fourth-order valence-electron chi connectivity index (χ4n) is 3.12. The SMILES string of the molecule is COc1ccc(C(=O)NCc2ccco2)cc1S(=O)(=O)N1CCCCCC1. The molecule has 0 atom stereocenters. The van der Waals surface area contributed by atoms with E-state index in [1.54, 1.807) is 18.2 Å². The van der Waals surface area contributed by atoms with E-state index in [2.05, 4.69) is 5.32 Å². The quantitative estimate of drug-likeness (QED) is 0.817. The van der Waals surface area contributed by atoms with E-state index in [0.717, 1.165) is 25.7 Å². The van der Waals surface area contributed by atoms with Crippen LogP contribution < -0.4 is 10.1 Å². The van der Waals surface area contributed by atoms with Crippen molar-refractivity contribution in [1.29, 1.82) is 0 Å². The molecule has 0 aliphatic carbocycles. The summed E-state index contributed by atoms with van der Waals surface area (Å²) >= 11 is 0. The van der Waals surface area contributed by atoms with E-state index in [0.29, 0.717) is 18.8 Å². The summed E-state index contributed by atoms with van der Waals surface area (Å²) < 4.78 is 38.2. The average Bonchev–Trinajstić information content (AvgIpc) is 3.04. The molecule has 0 unspecified atom stereocenters. The van der Waals surface area contributed by atoms with Crippen molar-refractivity contribution < 1.29 is 22.4 Å². The Labute approximate surface area is 159 Å². The summed E-state index contributed by atoms with van der Waals surface area (Å²) in [6.45, 7) is 1.20. The van der Waals surface area contributed by atoms with Crippen molar-refractivity contribution in [3.63, 3.8) is 0 Å². The van der Waals surface area contributed by atoms with Crippen molar-refractivity contribution in [2.75, 3.05) is 20.2 Å². The van der Waals surface area contributed by atoms with Crippen LogP contribution in [0.1, 0.15) is 41.8 Å². The second kappa shape index (κ2) is 8.58. The number of rotatable bonds is 6. The molecule has 2 heterocycles. The normalized spacial score (nSPS) is 15.9. The largest absolute Gasteiger partial charge is 0.495 e. The van der Waals surface area contributed by atoms with Crippen LogP contribution in [-0.2, 0) is 16.6 Å². The number of carbonyl (C=O) groups is 1. The molecular weight excluding hydrogens is 368 g/mol. The van der Waals surface area contributed by atoms with Gasteiger partial charge in [0.05, 0.1) is 19.9 Å². The van der Waals surface area contributed by atoms with Gasteiger partial charge in [-0.25, -0.2) is 8.42 Å². The van der Waals surface area contributed by atoms with Crippen molar-refractivity contribution in [2.24, 2.45) is 0 Å². The summed E-state index contributed by atoms with van der Waals surface area (Å²) in [5, 5.41) is 2.73. The summed E-state index contributed by atoms with van der Waals surface area (Å²) in [7, 11) is -2.31. The molecule has 1 aromatic heterocycles. The van der Waals surface area contributed by atoms with Crippen LogP contribution in [-0.4, -0.2) is 38.8 Å². The first-order chi connectivity index (χ1) is 13.0. The van der Waals surface area contributed by atoms with Crippen molar-refractivity contribution in [2.45, 2.75) is 37.1 Å². The molecule has 1 saturated heterocycles. The Balaban J connectivity index is 1.85. The molecule has 2 aromatic rings. The van der Waals surface area contributed by atoms with Gasteiger partial charge in [0.1, 0.15) is 16.4 Å². The van der Waals surface area contributed by atoms with Gasteiger partial charge in [0.2, 0.25) is 10.0 Å². The van der Waals surface area contributed by atoms with E-state index >= 15 is 0 Å². The molecule has 0 bridgehead atoms. The number of nitrogens with zero attached hydrogens (tertiary/aromatic N) is 1. The molecule has 1 aromatic carbocycles. The number of amides is 1. The second-order valence-corrected chi connectivity index (χ2v) is 8.35. The van der Waals surface area contributed by atoms with Gasteiger partial charge in [0.25, 0.3) is 5.91 Å². The molecule has 0 saturated carbocycles. The Bertz CT molecular complexity index is 870. The summed E-state index contributed by atoms with van der Waals surface area (Å²) in [6.07, 6.45) is 5.26. The third kappa shape index (κ3) is 4.51. The van der Waals surface area contributed by atoms with Crippen LogP contribution in [0.25, 0.3) is 0 Å². The summed E-state index contributed by atoms with van der Waals surface area (Å²) in [6, 6.07) is 7.95. The molecular formula is C19H24N2O5S. The third-order valence-corrected chi connectivity index (χ3v) is 6.53. The summed E-state index contributed by atoms with van der Waals surface area (Å²) in [5.74, 6) is 0.484. The first kappa shape index (κ1) is 19.4. The predicted octanol–water partition coefficient (Wildman–Crippen LogP) is 2.78. The first-order valence-electron chi connectivity index (χ1n) is 9.01. The van der Waals surface area contributed by atoms with Crippen molar-refractivity contribution in [3.05, 3.63) is 47.9 Å². The maximum Gasteiger partial charge on any atom is 0.251 e. The van der Waals surface area contributed by atoms with Gasteiger partial charge in [-0.3, -0.25) is 4.79 Å². The first-order valence-corrected chi connectivity index (χ1v) is 10.4. The van der Waals surface area contributed by atoms with Gasteiger partial charge in [-0.05, 0) is 43.2 Å². The minimum absolute atomic E-state index is 0.0255. The highest BCUT2D eigenvalue weighted by atomic mass is 32.2. The lowest BCUT2D eigenvalue weighted by Gasteiger charge is -2.21. The lowest BCUT2D eigenvalue weighted by atomic mass is 10.2. The van der Waals surface area contributed by atoms with Gasteiger partial charge in [0.15, 0.2) is 0 Å². The molecule has 1 N–H and O–H groups in total. The molecule has 1 amide bonds. The Morgan fingerprint density at radius 1 is 1.19 bits per heavy atom. The van der Waals surface area contributed by atoms with Crippen molar-refractivity contribution >= 4 is 15.9 Å².